The first-order valence-corrected chi connectivity index (χ1v) is 8.35. The lowest BCUT2D eigenvalue weighted by molar-refractivity contribution is 0.0696. The Kier molecular flexibility index (Phi) is 4.91. The van der Waals surface area contributed by atoms with Gasteiger partial charge in [0.1, 0.15) is 0 Å². The maximum atomic E-state index is 12.6. The van der Waals surface area contributed by atoms with E-state index in [0.717, 1.165) is 16.9 Å². The predicted molar refractivity (Wildman–Crippen MR) is 92.1 cm³/mol. The van der Waals surface area contributed by atoms with Crippen LogP contribution in [0.2, 0.25) is 0 Å². The van der Waals surface area contributed by atoms with Crippen molar-refractivity contribution in [1.29, 1.82) is 0 Å². The number of nitrogens with one attached hydrogen (secondary N) is 1. The number of carboxylic acids is 1. The summed E-state index contributed by atoms with van der Waals surface area (Å²) in [5.41, 5.74) is 1.25. The average Bonchev–Trinajstić information content (AvgIpc) is 3.05. The summed E-state index contributed by atoms with van der Waals surface area (Å²) < 4.78 is 15.8. The van der Waals surface area contributed by atoms with Crippen LogP contribution in [0.1, 0.15) is 30.5 Å². The van der Waals surface area contributed by atoms with E-state index in [1.807, 2.05) is 0 Å². The number of carbonyl (C=O) groups is 2. The van der Waals surface area contributed by atoms with Crippen molar-refractivity contribution in [3.05, 3.63) is 39.1 Å². The maximum Gasteiger partial charge on any atom is 0.335 e. The molecule has 132 valence electrons. The van der Waals surface area contributed by atoms with Crippen LogP contribution >= 0.6 is 11.3 Å². The summed E-state index contributed by atoms with van der Waals surface area (Å²) in [6.07, 6.45) is 0.791. The molecular formula is C17H17NO6S. The molecule has 0 spiro atoms. The second kappa shape index (κ2) is 7.12. The van der Waals surface area contributed by atoms with Gasteiger partial charge < -0.3 is 24.6 Å². The largest absolute Gasteiger partial charge is 0.493 e. The SMILES string of the molecule is COc1cc(C(=O)O)cc(NC(=O)c2cc3c(s2)CCOC3)c1OC. The molecule has 1 amide bonds. The third-order valence-electron chi connectivity index (χ3n) is 3.83. The average molecular weight is 363 g/mol. The standard InChI is InChI=1S/C17H17NO6S/c1-22-12-6-9(17(20)21)5-11(15(12)23-2)18-16(19)14-7-10-8-24-4-3-13(10)25-14/h5-7H,3-4,8H2,1-2H3,(H,18,19)(H,20,21). The summed E-state index contributed by atoms with van der Waals surface area (Å²) in [5, 5.41) is 12.0. The molecular weight excluding hydrogens is 346 g/mol. The summed E-state index contributed by atoms with van der Waals surface area (Å²) in [4.78, 5) is 25.6. The van der Waals surface area contributed by atoms with E-state index in [-0.39, 0.29) is 28.7 Å². The third-order valence-corrected chi connectivity index (χ3v) is 5.06. The van der Waals surface area contributed by atoms with Gasteiger partial charge in [0.15, 0.2) is 11.5 Å². The Morgan fingerprint density at radius 1 is 1.24 bits per heavy atom. The van der Waals surface area contributed by atoms with Crippen molar-refractivity contribution in [2.45, 2.75) is 13.0 Å². The molecule has 0 radical (unpaired) electrons. The minimum Gasteiger partial charge on any atom is -0.493 e. The van der Waals surface area contributed by atoms with E-state index in [1.165, 1.54) is 37.7 Å². The first-order valence-electron chi connectivity index (χ1n) is 7.53. The number of benzene rings is 1. The lowest BCUT2D eigenvalue weighted by Crippen LogP contribution is -2.12. The third kappa shape index (κ3) is 3.45. The maximum absolute atomic E-state index is 12.6. The number of methoxy groups -OCH3 is 2. The number of fused-ring (bicyclic) bond motifs is 1. The smallest absolute Gasteiger partial charge is 0.335 e. The van der Waals surface area contributed by atoms with Crippen LogP contribution < -0.4 is 14.8 Å². The molecule has 1 aliphatic heterocycles. The highest BCUT2D eigenvalue weighted by Crippen LogP contribution is 2.37. The first kappa shape index (κ1) is 17.2. The van der Waals surface area contributed by atoms with Crippen LogP contribution in [0.15, 0.2) is 18.2 Å². The van der Waals surface area contributed by atoms with Gasteiger partial charge in [0.25, 0.3) is 5.91 Å². The number of ether oxygens (including phenoxy) is 3. The fourth-order valence-electron chi connectivity index (χ4n) is 2.62. The molecule has 1 aromatic heterocycles. The van der Waals surface area contributed by atoms with Crippen LogP contribution in [0.4, 0.5) is 5.69 Å². The van der Waals surface area contributed by atoms with Gasteiger partial charge in [-0.05, 0) is 23.8 Å². The Balaban J connectivity index is 1.93. The number of hydrogen-bond donors (Lipinski definition) is 2. The molecule has 7 nitrogen and oxygen atoms in total. The minimum absolute atomic E-state index is 0.00757. The number of hydrogen-bond acceptors (Lipinski definition) is 6. The normalized spacial score (nSPS) is 13.0. The van der Waals surface area contributed by atoms with Gasteiger partial charge in [-0.25, -0.2) is 4.79 Å². The molecule has 2 heterocycles. The van der Waals surface area contributed by atoms with Crippen LogP contribution in [0.5, 0.6) is 11.5 Å². The molecule has 0 fully saturated rings. The lowest BCUT2D eigenvalue weighted by atomic mass is 10.1. The second-order valence-corrected chi connectivity index (χ2v) is 6.52. The molecule has 0 unspecified atom stereocenters. The Hall–Kier alpha value is -2.58. The van der Waals surface area contributed by atoms with Crippen LogP contribution in [-0.4, -0.2) is 37.8 Å². The quantitative estimate of drug-likeness (QED) is 0.848. The van der Waals surface area contributed by atoms with Gasteiger partial charge in [0.2, 0.25) is 0 Å². The van der Waals surface area contributed by atoms with Crippen LogP contribution in [0.3, 0.4) is 0 Å². The number of rotatable bonds is 5. The van der Waals surface area contributed by atoms with Crippen molar-refractivity contribution in [1.82, 2.24) is 0 Å². The highest BCUT2D eigenvalue weighted by atomic mass is 32.1. The molecule has 25 heavy (non-hydrogen) atoms. The van der Waals surface area contributed by atoms with Gasteiger partial charge in [-0.2, -0.15) is 0 Å². The van der Waals surface area contributed by atoms with E-state index in [4.69, 9.17) is 14.2 Å². The second-order valence-electron chi connectivity index (χ2n) is 5.38. The monoisotopic (exact) mass is 363 g/mol. The van der Waals surface area contributed by atoms with Crippen molar-refractivity contribution in [3.63, 3.8) is 0 Å². The number of carboxylic acid groups (broad SMARTS) is 1. The van der Waals surface area contributed by atoms with Crippen LogP contribution in [0.25, 0.3) is 0 Å². The molecule has 1 aromatic carbocycles. The van der Waals surface area contributed by atoms with Crippen molar-refractivity contribution < 1.29 is 28.9 Å². The summed E-state index contributed by atoms with van der Waals surface area (Å²) in [6.45, 7) is 1.16. The molecule has 0 bridgehead atoms. The highest BCUT2D eigenvalue weighted by Gasteiger charge is 2.21. The topological polar surface area (TPSA) is 94.1 Å². The summed E-state index contributed by atoms with van der Waals surface area (Å²) in [6, 6.07) is 4.50. The molecule has 0 aliphatic carbocycles. The van der Waals surface area contributed by atoms with Crippen molar-refractivity contribution in [2.75, 3.05) is 26.1 Å². The Labute approximate surface area is 148 Å². The van der Waals surface area contributed by atoms with E-state index >= 15 is 0 Å². The number of aromatic carboxylic acids is 1. The summed E-state index contributed by atoms with van der Waals surface area (Å²) in [7, 11) is 2.83. The van der Waals surface area contributed by atoms with Gasteiger partial charge in [-0.1, -0.05) is 0 Å². The fourth-order valence-corrected chi connectivity index (χ4v) is 3.67. The first-order chi connectivity index (χ1) is 12.0. The van der Waals surface area contributed by atoms with E-state index in [9.17, 15) is 14.7 Å². The molecule has 0 saturated carbocycles. The van der Waals surface area contributed by atoms with Gasteiger partial charge in [-0.3, -0.25) is 4.79 Å². The molecule has 3 rings (SSSR count). The lowest BCUT2D eigenvalue weighted by Gasteiger charge is -2.14. The molecule has 0 atom stereocenters. The van der Waals surface area contributed by atoms with E-state index in [1.54, 1.807) is 6.07 Å². The molecule has 2 aromatic rings. The van der Waals surface area contributed by atoms with Gasteiger partial charge in [0.05, 0.1) is 43.6 Å². The predicted octanol–water partition coefficient (Wildman–Crippen LogP) is 2.79. The Morgan fingerprint density at radius 3 is 2.68 bits per heavy atom. The number of amides is 1. The van der Waals surface area contributed by atoms with Crippen LogP contribution in [0, 0.1) is 0 Å². The van der Waals surface area contributed by atoms with Gasteiger partial charge in [0, 0.05) is 11.3 Å². The summed E-state index contributed by atoms with van der Waals surface area (Å²) >= 11 is 1.42. The molecule has 8 heteroatoms. The molecule has 1 aliphatic rings. The minimum atomic E-state index is -1.12. The van der Waals surface area contributed by atoms with E-state index < -0.39 is 5.97 Å². The number of anilines is 1. The number of carbonyl (C=O) groups excluding carboxylic acids is 1. The zero-order valence-corrected chi connectivity index (χ0v) is 14.6. The van der Waals surface area contributed by atoms with Crippen LogP contribution in [-0.2, 0) is 17.8 Å². The van der Waals surface area contributed by atoms with Crippen molar-refractivity contribution >= 4 is 28.9 Å². The zero-order valence-electron chi connectivity index (χ0n) is 13.8. The van der Waals surface area contributed by atoms with Crippen molar-refractivity contribution in [2.24, 2.45) is 0 Å². The number of thiophene rings is 1. The Bertz CT molecular complexity index is 805. The zero-order chi connectivity index (χ0) is 18.0. The van der Waals surface area contributed by atoms with Gasteiger partial charge >= 0.3 is 5.97 Å². The fraction of sp³-hybridized carbons (Fsp3) is 0.294. The van der Waals surface area contributed by atoms with E-state index in [2.05, 4.69) is 5.32 Å². The Morgan fingerprint density at radius 2 is 2.04 bits per heavy atom. The van der Waals surface area contributed by atoms with E-state index in [0.29, 0.717) is 18.1 Å². The molecule has 0 saturated heterocycles. The van der Waals surface area contributed by atoms with Crippen molar-refractivity contribution in [3.8, 4) is 11.5 Å². The summed E-state index contributed by atoms with van der Waals surface area (Å²) in [5.74, 6) is -0.954. The van der Waals surface area contributed by atoms with Gasteiger partial charge in [-0.15, -0.1) is 11.3 Å². The molecule has 2 N–H and O–H groups in total. The highest BCUT2D eigenvalue weighted by molar-refractivity contribution is 7.14.